The minimum atomic E-state index is -0.724. The summed E-state index contributed by atoms with van der Waals surface area (Å²) in [6.45, 7) is 1.65. The van der Waals surface area contributed by atoms with Gasteiger partial charge in [-0.1, -0.05) is 30.3 Å². The van der Waals surface area contributed by atoms with E-state index in [2.05, 4.69) is 5.32 Å². The van der Waals surface area contributed by atoms with Crippen LogP contribution in [0.25, 0.3) is 0 Å². The molecule has 0 aliphatic carbocycles. The van der Waals surface area contributed by atoms with Crippen LogP contribution >= 0.6 is 0 Å². The number of para-hydroxylation sites is 2. The number of nitriles is 1. The Kier molecular flexibility index (Phi) is 5.70. The van der Waals surface area contributed by atoms with Crippen LogP contribution in [0.4, 0.5) is 5.69 Å². The van der Waals surface area contributed by atoms with Crippen LogP contribution < -0.4 is 14.8 Å². The van der Waals surface area contributed by atoms with Gasteiger partial charge >= 0.3 is 0 Å². The van der Waals surface area contributed by atoms with E-state index >= 15 is 0 Å². The van der Waals surface area contributed by atoms with Crippen molar-refractivity contribution in [3.8, 4) is 23.3 Å². The lowest BCUT2D eigenvalue weighted by Crippen LogP contribution is -2.30. The van der Waals surface area contributed by atoms with Crippen LogP contribution in [-0.2, 0) is 4.79 Å². The van der Waals surface area contributed by atoms with Gasteiger partial charge in [0.25, 0.3) is 5.91 Å². The first-order valence-corrected chi connectivity index (χ1v) is 8.45. The first-order valence-electron chi connectivity index (χ1n) is 8.45. The highest BCUT2D eigenvalue weighted by atomic mass is 16.5. The van der Waals surface area contributed by atoms with Gasteiger partial charge in [-0.25, -0.2) is 0 Å². The fourth-order valence-corrected chi connectivity index (χ4v) is 2.39. The van der Waals surface area contributed by atoms with Crippen LogP contribution in [0.1, 0.15) is 12.5 Å². The van der Waals surface area contributed by atoms with Gasteiger partial charge in [0.15, 0.2) is 6.10 Å². The van der Waals surface area contributed by atoms with Gasteiger partial charge in [-0.3, -0.25) is 4.79 Å². The second-order valence-electron chi connectivity index (χ2n) is 5.79. The Morgan fingerprint density at radius 2 is 1.48 bits per heavy atom. The molecular weight excluding hydrogens is 340 g/mol. The van der Waals surface area contributed by atoms with Gasteiger partial charge in [-0.05, 0) is 55.5 Å². The summed E-state index contributed by atoms with van der Waals surface area (Å²) in [7, 11) is 0. The van der Waals surface area contributed by atoms with Crippen molar-refractivity contribution in [2.75, 3.05) is 5.32 Å². The summed E-state index contributed by atoms with van der Waals surface area (Å²) >= 11 is 0. The van der Waals surface area contributed by atoms with Gasteiger partial charge in [-0.15, -0.1) is 0 Å². The number of nitrogens with zero attached hydrogens (tertiary/aromatic N) is 1. The molecule has 3 aromatic carbocycles. The highest BCUT2D eigenvalue weighted by molar-refractivity contribution is 5.95. The number of nitrogens with one attached hydrogen (secondary N) is 1. The molecule has 134 valence electrons. The van der Waals surface area contributed by atoms with Crippen molar-refractivity contribution in [3.05, 3.63) is 84.4 Å². The summed E-state index contributed by atoms with van der Waals surface area (Å²) in [5.41, 5.74) is 0.868. The van der Waals surface area contributed by atoms with E-state index in [1.165, 1.54) is 0 Å². The number of ether oxygens (including phenoxy) is 2. The minimum absolute atomic E-state index is 0.331. The number of amides is 1. The summed E-state index contributed by atoms with van der Waals surface area (Å²) in [6.07, 6.45) is -0.724. The van der Waals surface area contributed by atoms with Crippen LogP contribution in [0, 0.1) is 11.3 Å². The van der Waals surface area contributed by atoms with E-state index in [0.29, 0.717) is 22.7 Å². The smallest absolute Gasteiger partial charge is 0.265 e. The molecule has 0 aromatic heterocycles. The van der Waals surface area contributed by atoms with Crippen LogP contribution in [0.3, 0.4) is 0 Å². The molecule has 1 amide bonds. The molecule has 3 aromatic rings. The van der Waals surface area contributed by atoms with E-state index in [4.69, 9.17) is 14.7 Å². The zero-order valence-corrected chi connectivity index (χ0v) is 14.8. The Bertz CT molecular complexity index is 947. The van der Waals surface area contributed by atoms with Crippen LogP contribution in [-0.4, -0.2) is 12.0 Å². The third-order valence-electron chi connectivity index (χ3n) is 3.79. The number of benzene rings is 3. The predicted molar refractivity (Wildman–Crippen MR) is 103 cm³/mol. The number of hydrogen-bond acceptors (Lipinski definition) is 4. The number of carbonyl (C=O) groups is 1. The first-order chi connectivity index (χ1) is 13.2. The number of anilines is 1. The molecule has 0 radical (unpaired) electrons. The molecule has 0 fully saturated rings. The summed E-state index contributed by atoms with van der Waals surface area (Å²) in [4.78, 5) is 12.3. The molecule has 0 saturated heterocycles. The van der Waals surface area contributed by atoms with E-state index in [0.717, 1.165) is 5.75 Å². The fraction of sp³-hybridized carbons (Fsp3) is 0.0909. The molecule has 3 rings (SSSR count). The highest BCUT2D eigenvalue weighted by Gasteiger charge is 2.16. The molecule has 0 heterocycles. The quantitative estimate of drug-likeness (QED) is 0.690. The maximum Gasteiger partial charge on any atom is 0.265 e. The van der Waals surface area contributed by atoms with Crippen molar-refractivity contribution in [2.24, 2.45) is 0 Å². The van der Waals surface area contributed by atoms with Gasteiger partial charge in [0, 0.05) is 0 Å². The normalized spacial score (nSPS) is 11.1. The van der Waals surface area contributed by atoms with Crippen LogP contribution in [0.5, 0.6) is 17.2 Å². The Labute approximate surface area is 157 Å². The average molecular weight is 358 g/mol. The van der Waals surface area contributed by atoms with Crippen molar-refractivity contribution in [1.29, 1.82) is 5.26 Å². The standard InChI is InChI=1S/C22H18N2O3/c1-16(22(25)24-21-10-6-5-7-17(21)15-23)26-19-11-13-20(14-12-19)27-18-8-3-2-4-9-18/h2-14,16H,1H3,(H,24,25)/t16-/m0/s1. The van der Waals surface area contributed by atoms with Crippen LogP contribution in [0.2, 0.25) is 0 Å². The lowest BCUT2D eigenvalue weighted by atomic mass is 10.2. The molecule has 5 nitrogen and oxygen atoms in total. The van der Waals surface area contributed by atoms with E-state index in [9.17, 15) is 4.79 Å². The topological polar surface area (TPSA) is 71.3 Å². The molecule has 5 heteroatoms. The first kappa shape index (κ1) is 18.0. The summed E-state index contributed by atoms with van der Waals surface area (Å²) in [6, 6.07) is 25.4. The highest BCUT2D eigenvalue weighted by Crippen LogP contribution is 2.24. The molecule has 0 spiro atoms. The fourth-order valence-electron chi connectivity index (χ4n) is 2.39. The third-order valence-corrected chi connectivity index (χ3v) is 3.79. The van der Waals surface area contributed by atoms with Crippen molar-refractivity contribution < 1.29 is 14.3 Å². The molecule has 0 aliphatic heterocycles. The zero-order valence-electron chi connectivity index (χ0n) is 14.8. The third kappa shape index (κ3) is 4.86. The lowest BCUT2D eigenvalue weighted by molar-refractivity contribution is -0.122. The predicted octanol–water partition coefficient (Wildman–Crippen LogP) is 4.76. The Morgan fingerprint density at radius 3 is 2.19 bits per heavy atom. The van der Waals surface area contributed by atoms with E-state index in [1.54, 1.807) is 55.5 Å². The second kappa shape index (κ2) is 8.54. The zero-order chi connectivity index (χ0) is 19.1. The molecule has 27 heavy (non-hydrogen) atoms. The molecule has 0 unspecified atom stereocenters. The monoisotopic (exact) mass is 358 g/mol. The van der Waals surface area contributed by atoms with Gasteiger partial charge in [0.05, 0.1) is 11.3 Å². The van der Waals surface area contributed by atoms with Gasteiger partial charge in [0.1, 0.15) is 23.3 Å². The molecule has 0 aliphatic rings. The molecule has 1 atom stereocenters. The van der Waals surface area contributed by atoms with E-state index in [1.807, 2.05) is 36.4 Å². The van der Waals surface area contributed by atoms with Gasteiger partial charge in [-0.2, -0.15) is 5.26 Å². The minimum Gasteiger partial charge on any atom is -0.481 e. The second-order valence-corrected chi connectivity index (χ2v) is 5.79. The maximum atomic E-state index is 12.3. The summed E-state index contributed by atoms with van der Waals surface area (Å²) < 4.78 is 11.4. The van der Waals surface area contributed by atoms with Crippen molar-refractivity contribution in [1.82, 2.24) is 0 Å². The SMILES string of the molecule is C[C@H](Oc1ccc(Oc2ccccc2)cc1)C(=O)Nc1ccccc1C#N. The Hall–Kier alpha value is -3.78. The average Bonchev–Trinajstić information content (AvgIpc) is 2.70. The van der Waals surface area contributed by atoms with Crippen molar-refractivity contribution >= 4 is 11.6 Å². The van der Waals surface area contributed by atoms with Crippen molar-refractivity contribution in [2.45, 2.75) is 13.0 Å². The lowest BCUT2D eigenvalue weighted by Gasteiger charge is -2.15. The summed E-state index contributed by atoms with van der Waals surface area (Å²) in [5, 5.41) is 11.8. The molecular formula is C22H18N2O3. The maximum absolute atomic E-state index is 12.3. The van der Waals surface area contributed by atoms with Gasteiger partial charge < -0.3 is 14.8 Å². The van der Waals surface area contributed by atoms with Gasteiger partial charge in [0.2, 0.25) is 0 Å². The molecule has 0 bridgehead atoms. The number of carbonyl (C=O) groups excluding carboxylic acids is 1. The molecule has 0 saturated carbocycles. The van der Waals surface area contributed by atoms with E-state index < -0.39 is 6.10 Å². The van der Waals surface area contributed by atoms with E-state index in [-0.39, 0.29) is 5.91 Å². The largest absolute Gasteiger partial charge is 0.481 e. The van der Waals surface area contributed by atoms with Crippen LogP contribution in [0.15, 0.2) is 78.9 Å². The number of hydrogen-bond donors (Lipinski definition) is 1. The Morgan fingerprint density at radius 1 is 0.889 bits per heavy atom. The molecule has 1 N–H and O–H groups in total. The van der Waals surface area contributed by atoms with Crippen molar-refractivity contribution in [3.63, 3.8) is 0 Å². The number of rotatable bonds is 6. The Balaban J connectivity index is 1.59. The summed E-state index contributed by atoms with van der Waals surface area (Å²) in [5.74, 6) is 1.64.